The molecule has 3 amide bonds. The highest BCUT2D eigenvalue weighted by molar-refractivity contribution is 6.05. The summed E-state index contributed by atoms with van der Waals surface area (Å²) in [5, 5.41) is 2.23. The lowest BCUT2D eigenvalue weighted by atomic mass is 10.3. The number of nitrogens with zero attached hydrogens (tertiary/aromatic N) is 3. The topological polar surface area (TPSA) is 75.2 Å². The smallest absolute Gasteiger partial charge is 0.278 e. The van der Waals surface area contributed by atoms with Gasteiger partial charge in [0, 0.05) is 19.2 Å². The molecule has 0 bridgehead atoms. The second-order valence-electron chi connectivity index (χ2n) is 3.22. The molecule has 0 aliphatic carbocycles. The third-order valence-electron chi connectivity index (χ3n) is 2.09. The maximum Gasteiger partial charge on any atom is 0.329 e. The van der Waals surface area contributed by atoms with Crippen LogP contribution in [0.1, 0.15) is 12.2 Å². The fourth-order valence-corrected chi connectivity index (χ4v) is 1.38. The van der Waals surface area contributed by atoms with E-state index in [-0.39, 0.29) is 5.91 Å². The summed E-state index contributed by atoms with van der Waals surface area (Å²) in [7, 11) is 0. The van der Waals surface area contributed by atoms with Crippen LogP contribution in [0.3, 0.4) is 0 Å². The molecule has 0 radical (unpaired) electrons. The zero-order valence-electron chi connectivity index (χ0n) is 8.23. The minimum atomic E-state index is -0.427. The maximum absolute atomic E-state index is 11.5. The molecule has 78 valence electrons. The van der Waals surface area contributed by atoms with E-state index in [1.807, 2.05) is 0 Å². The van der Waals surface area contributed by atoms with Gasteiger partial charge in [-0.3, -0.25) is 15.0 Å². The average Bonchev–Trinajstić information content (AvgIpc) is 2.17. The van der Waals surface area contributed by atoms with Gasteiger partial charge in [0.2, 0.25) is 5.91 Å². The fraction of sp³-hybridized carbons (Fsp3) is 0.333. The Morgan fingerprint density at radius 3 is 2.93 bits per heavy atom. The first-order chi connectivity index (χ1) is 7.16. The van der Waals surface area contributed by atoms with Crippen molar-refractivity contribution >= 4 is 17.8 Å². The van der Waals surface area contributed by atoms with Crippen LogP contribution in [-0.4, -0.2) is 28.5 Å². The summed E-state index contributed by atoms with van der Waals surface area (Å²) >= 11 is 0. The summed E-state index contributed by atoms with van der Waals surface area (Å²) in [5.74, 6) is 0.867. The quantitative estimate of drug-likeness (QED) is 0.713. The molecule has 6 heteroatoms. The zero-order valence-corrected chi connectivity index (χ0v) is 8.23. The molecule has 1 saturated heterocycles. The summed E-state index contributed by atoms with van der Waals surface area (Å²) < 4.78 is 0. The van der Waals surface area contributed by atoms with Crippen LogP contribution in [0.5, 0.6) is 0 Å². The number of imide groups is 1. The van der Waals surface area contributed by atoms with Crippen molar-refractivity contribution in [3.63, 3.8) is 0 Å². The highest BCUT2D eigenvalue weighted by atomic mass is 16.2. The third-order valence-corrected chi connectivity index (χ3v) is 2.09. The Kier molecular flexibility index (Phi) is 2.32. The van der Waals surface area contributed by atoms with Gasteiger partial charge >= 0.3 is 6.03 Å². The van der Waals surface area contributed by atoms with Gasteiger partial charge in [-0.2, -0.15) is 0 Å². The molecule has 2 rings (SSSR count). The molecule has 0 saturated carbocycles. The van der Waals surface area contributed by atoms with Crippen molar-refractivity contribution in [2.45, 2.75) is 13.3 Å². The van der Waals surface area contributed by atoms with Crippen molar-refractivity contribution < 1.29 is 9.59 Å². The second kappa shape index (κ2) is 3.64. The second-order valence-corrected chi connectivity index (χ2v) is 3.22. The lowest BCUT2D eigenvalue weighted by Crippen LogP contribution is -2.49. The van der Waals surface area contributed by atoms with Gasteiger partial charge in [-0.05, 0) is 13.0 Å². The first-order valence-corrected chi connectivity index (χ1v) is 4.58. The Morgan fingerprint density at radius 1 is 1.47 bits per heavy atom. The summed E-state index contributed by atoms with van der Waals surface area (Å²) in [6.07, 6.45) is 1.89. The highest BCUT2D eigenvalue weighted by Gasteiger charge is 2.24. The third kappa shape index (κ3) is 1.93. The molecule has 1 fully saturated rings. The standard InChI is InChI=1S/C9H10N4O2/c1-6-10-4-2-7(11-6)13-5-3-8(14)12-9(13)15/h2,4H,3,5H2,1H3,(H,12,14,15). The van der Waals surface area contributed by atoms with E-state index in [0.717, 1.165) is 0 Å². The number of nitrogens with one attached hydrogen (secondary N) is 1. The number of hydrogen-bond donors (Lipinski definition) is 1. The maximum atomic E-state index is 11.5. The SMILES string of the molecule is Cc1nccc(N2CCC(=O)NC2=O)n1. The molecule has 1 aliphatic heterocycles. The summed E-state index contributed by atoms with van der Waals surface area (Å²) in [6, 6.07) is 1.21. The molecule has 0 aromatic carbocycles. The fourth-order valence-electron chi connectivity index (χ4n) is 1.38. The Labute approximate surface area is 86.3 Å². The number of anilines is 1. The molecular formula is C9H10N4O2. The van der Waals surface area contributed by atoms with E-state index < -0.39 is 6.03 Å². The van der Waals surface area contributed by atoms with Crippen LogP contribution in [0.15, 0.2) is 12.3 Å². The van der Waals surface area contributed by atoms with Gasteiger partial charge in [0.25, 0.3) is 0 Å². The Hall–Kier alpha value is -1.98. The molecule has 2 heterocycles. The lowest BCUT2D eigenvalue weighted by molar-refractivity contribution is -0.120. The number of hydrogen-bond acceptors (Lipinski definition) is 4. The molecule has 1 aromatic heterocycles. The molecule has 6 nitrogen and oxygen atoms in total. The van der Waals surface area contributed by atoms with Crippen LogP contribution in [0, 0.1) is 6.92 Å². The van der Waals surface area contributed by atoms with Crippen LogP contribution in [0.4, 0.5) is 10.6 Å². The number of urea groups is 1. The molecule has 0 unspecified atom stereocenters. The van der Waals surface area contributed by atoms with Crippen LogP contribution in [0.2, 0.25) is 0 Å². The van der Waals surface area contributed by atoms with E-state index in [2.05, 4.69) is 15.3 Å². The number of rotatable bonds is 1. The first kappa shape index (κ1) is 9.57. The van der Waals surface area contributed by atoms with Gasteiger partial charge in [-0.15, -0.1) is 0 Å². The van der Waals surface area contributed by atoms with E-state index >= 15 is 0 Å². The summed E-state index contributed by atoms with van der Waals surface area (Å²) in [4.78, 5) is 31.9. The molecule has 1 N–H and O–H groups in total. The molecule has 0 spiro atoms. The average molecular weight is 206 g/mol. The Bertz CT molecular complexity index is 418. The number of aromatic nitrogens is 2. The van der Waals surface area contributed by atoms with Crippen molar-refractivity contribution in [3.05, 3.63) is 18.1 Å². The van der Waals surface area contributed by atoms with Gasteiger partial charge in [-0.25, -0.2) is 14.8 Å². The number of amides is 3. The predicted molar refractivity (Wildman–Crippen MR) is 52.3 cm³/mol. The van der Waals surface area contributed by atoms with E-state index in [9.17, 15) is 9.59 Å². The molecule has 1 aliphatic rings. The zero-order chi connectivity index (χ0) is 10.8. The summed E-state index contributed by atoms with van der Waals surface area (Å²) in [5.41, 5.74) is 0. The van der Waals surface area contributed by atoms with Crippen LogP contribution < -0.4 is 10.2 Å². The largest absolute Gasteiger partial charge is 0.329 e. The van der Waals surface area contributed by atoms with Crippen molar-refractivity contribution in [1.82, 2.24) is 15.3 Å². The van der Waals surface area contributed by atoms with E-state index in [1.165, 1.54) is 4.90 Å². The predicted octanol–water partition coefficient (Wildman–Crippen LogP) is 0.231. The highest BCUT2D eigenvalue weighted by Crippen LogP contribution is 2.12. The van der Waals surface area contributed by atoms with Crippen molar-refractivity contribution in [1.29, 1.82) is 0 Å². The first-order valence-electron chi connectivity index (χ1n) is 4.58. The van der Waals surface area contributed by atoms with Crippen molar-refractivity contribution in [3.8, 4) is 0 Å². The number of aryl methyl sites for hydroxylation is 1. The van der Waals surface area contributed by atoms with Crippen LogP contribution in [-0.2, 0) is 4.79 Å². The van der Waals surface area contributed by atoms with Gasteiger partial charge < -0.3 is 0 Å². The van der Waals surface area contributed by atoms with Crippen molar-refractivity contribution in [2.75, 3.05) is 11.4 Å². The molecule has 15 heavy (non-hydrogen) atoms. The van der Waals surface area contributed by atoms with Gasteiger partial charge in [0.15, 0.2) is 0 Å². The summed E-state index contributed by atoms with van der Waals surface area (Å²) in [6.45, 7) is 2.11. The van der Waals surface area contributed by atoms with Gasteiger partial charge in [-0.1, -0.05) is 0 Å². The van der Waals surface area contributed by atoms with E-state index in [4.69, 9.17) is 0 Å². The minimum Gasteiger partial charge on any atom is -0.278 e. The van der Waals surface area contributed by atoms with Crippen LogP contribution >= 0.6 is 0 Å². The normalized spacial score (nSPS) is 16.5. The monoisotopic (exact) mass is 206 g/mol. The Morgan fingerprint density at radius 2 is 2.27 bits per heavy atom. The molecular weight excluding hydrogens is 196 g/mol. The number of carbonyl (C=O) groups excluding carboxylic acids is 2. The molecule has 0 atom stereocenters. The van der Waals surface area contributed by atoms with E-state index in [0.29, 0.717) is 24.6 Å². The number of carbonyl (C=O) groups is 2. The lowest BCUT2D eigenvalue weighted by Gasteiger charge is -2.25. The van der Waals surface area contributed by atoms with Gasteiger partial charge in [0.1, 0.15) is 11.6 Å². The van der Waals surface area contributed by atoms with E-state index in [1.54, 1.807) is 19.2 Å². The van der Waals surface area contributed by atoms with Crippen LogP contribution in [0.25, 0.3) is 0 Å². The molecule has 1 aromatic rings. The Balaban J connectivity index is 2.24. The van der Waals surface area contributed by atoms with Crippen molar-refractivity contribution in [2.24, 2.45) is 0 Å². The minimum absolute atomic E-state index is 0.248. The van der Waals surface area contributed by atoms with Gasteiger partial charge in [0.05, 0.1) is 0 Å².